The topological polar surface area (TPSA) is 64.7 Å². The van der Waals surface area contributed by atoms with Gasteiger partial charge in [-0.3, -0.25) is 0 Å². The van der Waals surface area contributed by atoms with Gasteiger partial charge in [0.25, 0.3) is 0 Å². The zero-order valence-corrected chi connectivity index (χ0v) is 12.4. The molecule has 108 valence electrons. The standard InChI is InChI=1S/C15H25NO3/c1-9(2)12(8-17)15(16)11-7-13(18-4)10(3)6-14(11)19-5/h6-7,9,12,15,17H,8,16H2,1-5H3. The molecule has 2 unspecified atom stereocenters. The second-order valence-corrected chi connectivity index (χ2v) is 5.18. The van der Waals surface area contributed by atoms with Crippen molar-refractivity contribution in [3.8, 4) is 11.5 Å². The zero-order valence-electron chi connectivity index (χ0n) is 12.4. The molecule has 0 saturated heterocycles. The third kappa shape index (κ3) is 3.39. The fraction of sp³-hybridized carbons (Fsp3) is 0.600. The summed E-state index contributed by atoms with van der Waals surface area (Å²) in [4.78, 5) is 0. The molecule has 4 heteroatoms. The van der Waals surface area contributed by atoms with Gasteiger partial charge in [-0.2, -0.15) is 0 Å². The number of rotatable bonds is 6. The van der Waals surface area contributed by atoms with Gasteiger partial charge in [0.1, 0.15) is 11.5 Å². The van der Waals surface area contributed by atoms with Crippen LogP contribution in [0.5, 0.6) is 11.5 Å². The van der Waals surface area contributed by atoms with Crippen molar-refractivity contribution in [2.75, 3.05) is 20.8 Å². The average molecular weight is 267 g/mol. The van der Waals surface area contributed by atoms with Crippen LogP contribution < -0.4 is 15.2 Å². The molecule has 3 N–H and O–H groups in total. The lowest BCUT2D eigenvalue weighted by Crippen LogP contribution is -2.29. The van der Waals surface area contributed by atoms with Crippen LogP contribution in [0.3, 0.4) is 0 Å². The molecule has 0 radical (unpaired) electrons. The molecule has 0 spiro atoms. The number of methoxy groups -OCH3 is 2. The zero-order chi connectivity index (χ0) is 14.6. The van der Waals surface area contributed by atoms with E-state index in [1.807, 2.05) is 19.1 Å². The van der Waals surface area contributed by atoms with E-state index in [0.717, 1.165) is 22.6 Å². The van der Waals surface area contributed by atoms with E-state index < -0.39 is 0 Å². The largest absolute Gasteiger partial charge is 0.496 e. The van der Waals surface area contributed by atoms with Gasteiger partial charge in [0.15, 0.2) is 0 Å². The maximum atomic E-state index is 9.52. The van der Waals surface area contributed by atoms with Gasteiger partial charge < -0.3 is 20.3 Å². The van der Waals surface area contributed by atoms with Crippen LogP contribution in [0.15, 0.2) is 12.1 Å². The molecule has 0 amide bonds. The normalized spacial score (nSPS) is 14.3. The van der Waals surface area contributed by atoms with Crippen molar-refractivity contribution < 1.29 is 14.6 Å². The molecule has 0 heterocycles. The van der Waals surface area contributed by atoms with E-state index >= 15 is 0 Å². The van der Waals surface area contributed by atoms with E-state index in [1.165, 1.54) is 0 Å². The molecule has 0 aromatic heterocycles. The number of hydrogen-bond acceptors (Lipinski definition) is 4. The lowest BCUT2D eigenvalue weighted by Gasteiger charge is -2.27. The lowest BCUT2D eigenvalue weighted by molar-refractivity contribution is 0.164. The number of benzene rings is 1. The Labute approximate surface area is 115 Å². The number of hydrogen-bond donors (Lipinski definition) is 2. The Bertz CT molecular complexity index is 418. The molecule has 0 aliphatic carbocycles. The fourth-order valence-corrected chi connectivity index (χ4v) is 2.30. The number of aliphatic hydroxyl groups is 1. The van der Waals surface area contributed by atoms with Crippen LogP contribution in [0.4, 0.5) is 0 Å². The number of aryl methyl sites for hydroxylation is 1. The van der Waals surface area contributed by atoms with Gasteiger partial charge in [-0.1, -0.05) is 13.8 Å². The smallest absolute Gasteiger partial charge is 0.124 e. The first-order valence-electron chi connectivity index (χ1n) is 6.55. The van der Waals surface area contributed by atoms with Crippen LogP contribution in [0, 0.1) is 18.8 Å². The van der Waals surface area contributed by atoms with E-state index in [4.69, 9.17) is 15.2 Å². The van der Waals surface area contributed by atoms with Crippen molar-refractivity contribution in [2.45, 2.75) is 26.8 Å². The lowest BCUT2D eigenvalue weighted by atomic mass is 9.85. The maximum absolute atomic E-state index is 9.52. The Kier molecular flexibility index (Phi) is 5.63. The first kappa shape index (κ1) is 15.8. The number of nitrogens with two attached hydrogens (primary N) is 1. The van der Waals surface area contributed by atoms with Gasteiger partial charge in [0.05, 0.1) is 14.2 Å². The quantitative estimate of drug-likeness (QED) is 0.830. The Hall–Kier alpha value is -1.26. The Morgan fingerprint density at radius 1 is 1.16 bits per heavy atom. The molecule has 1 rings (SSSR count). The second-order valence-electron chi connectivity index (χ2n) is 5.18. The predicted octanol–water partition coefficient (Wildman–Crippen LogP) is 2.28. The van der Waals surface area contributed by atoms with Crippen molar-refractivity contribution in [1.82, 2.24) is 0 Å². The number of ether oxygens (including phenoxy) is 2. The van der Waals surface area contributed by atoms with Crippen LogP contribution in [0.1, 0.15) is 31.0 Å². The molecular weight excluding hydrogens is 242 g/mol. The van der Waals surface area contributed by atoms with Crippen LogP contribution in [-0.4, -0.2) is 25.9 Å². The highest BCUT2D eigenvalue weighted by molar-refractivity contribution is 5.47. The minimum absolute atomic E-state index is 0.0127. The van der Waals surface area contributed by atoms with Crippen molar-refractivity contribution in [3.05, 3.63) is 23.3 Å². The van der Waals surface area contributed by atoms with E-state index in [1.54, 1.807) is 14.2 Å². The van der Waals surface area contributed by atoms with E-state index in [9.17, 15) is 5.11 Å². The summed E-state index contributed by atoms with van der Waals surface area (Å²) < 4.78 is 10.7. The first-order chi connectivity index (χ1) is 8.96. The van der Waals surface area contributed by atoms with Gasteiger partial charge in [0.2, 0.25) is 0 Å². The highest BCUT2D eigenvalue weighted by Gasteiger charge is 2.25. The summed E-state index contributed by atoms with van der Waals surface area (Å²) in [5, 5.41) is 9.52. The molecule has 4 nitrogen and oxygen atoms in total. The van der Waals surface area contributed by atoms with Crippen LogP contribution >= 0.6 is 0 Å². The van der Waals surface area contributed by atoms with E-state index in [2.05, 4.69) is 13.8 Å². The van der Waals surface area contributed by atoms with E-state index in [0.29, 0.717) is 0 Å². The van der Waals surface area contributed by atoms with Gasteiger partial charge in [0, 0.05) is 24.1 Å². The Morgan fingerprint density at radius 3 is 2.16 bits per heavy atom. The summed E-state index contributed by atoms with van der Waals surface area (Å²) in [6.07, 6.45) is 0. The molecule has 0 saturated carbocycles. The molecule has 19 heavy (non-hydrogen) atoms. The Morgan fingerprint density at radius 2 is 1.74 bits per heavy atom. The van der Waals surface area contributed by atoms with Gasteiger partial charge in [-0.05, 0) is 30.5 Å². The summed E-state index contributed by atoms with van der Waals surface area (Å²) in [6.45, 7) is 6.12. The molecule has 2 atom stereocenters. The molecule has 1 aromatic rings. The van der Waals surface area contributed by atoms with E-state index in [-0.39, 0.29) is 24.5 Å². The summed E-state index contributed by atoms with van der Waals surface area (Å²) in [7, 11) is 3.26. The summed E-state index contributed by atoms with van der Waals surface area (Å²) in [5.74, 6) is 1.80. The van der Waals surface area contributed by atoms with Crippen molar-refractivity contribution in [2.24, 2.45) is 17.6 Å². The first-order valence-corrected chi connectivity index (χ1v) is 6.55. The van der Waals surface area contributed by atoms with Crippen molar-refractivity contribution in [1.29, 1.82) is 0 Å². The third-order valence-corrected chi connectivity index (χ3v) is 3.63. The average Bonchev–Trinajstić information content (AvgIpc) is 2.38. The molecule has 0 aliphatic heterocycles. The van der Waals surface area contributed by atoms with Crippen molar-refractivity contribution >= 4 is 0 Å². The summed E-state index contributed by atoms with van der Waals surface area (Å²) in [6, 6.07) is 3.54. The third-order valence-electron chi connectivity index (χ3n) is 3.63. The summed E-state index contributed by atoms with van der Waals surface area (Å²) in [5.41, 5.74) is 8.18. The van der Waals surface area contributed by atoms with Gasteiger partial charge in [-0.15, -0.1) is 0 Å². The van der Waals surface area contributed by atoms with Crippen LogP contribution in [0.2, 0.25) is 0 Å². The monoisotopic (exact) mass is 267 g/mol. The SMILES string of the molecule is COc1cc(C(N)C(CO)C(C)C)c(OC)cc1C. The molecular formula is C15H25NO3. The maximum Gasteiger partial charge on any atom is 0.124 e. The molecule has 0 bridgehead atoms. The van der Waals surface area contributed by atoms with Crippen LogP contribution in [0.25, 0.3) is 0 Å². The second kappa shape index (κ2) is 6.78. The Balaban J connectivity index is 3.23. The predicted molar refractivity (Wildman–Crippen MR) is 76.6 cm³/mol. The van der Waals surface area contributed by atoms with Gasteiger partial charge >= 0.3 is 0 Å². The minimum Gasteiger partial charge on any atom is -0.496 e. The minimum atomic E-state index is -0.283. The fourth-order valence-electron chi connectivity index (χ4n) is 2.30. The molecule has 0 fully saturated rings. The highest BCUT2D eigenvalue weighted by Crippen LogP contribution is 2.36. The highest BCUT2D eigenvalue weighted by atomic mass is 16.5. The molecule has 0 aliphatic rings. The van der Waals surface area contributed by atoms with Gasteiger partial charge in [-0.25, -0.2) is 0 Å². The number of aliphatic hydroxyl groups excluding tert-OH is 1. The molecule has 1 aromatic carbocycles. The van der Waals surface area contributed by atoms with Crippen LogP contribution in [-0.2, 0) is 0 Å². The van der Waals surface area contributed by atoms with Crippen molar-refractivity contribution in [3.63, 3.8) is 0 Å². The summed E-state index contributed by atoms with van der Waals surface area (Å²) >= 11 is 0.